The first-order chi connectivity index (χ1) is 15.8. The molecule has 9 heteroatoms. The van der Waals surface area contributed by atoms with Crippen LogP contribution in [0.1, 0.15) is 110 Å². The molecule has 0 bridgehead atoms. The first-order valence-electron chi connectivity index (χ1n) is 12.5. The van der Waals surface area contributed by atoms with E-state index in [2.05, 4.69) is 23.6 Å². The normalized spacial score (nSPS) is 12.7. The minimum atomic E-state index is -4.72. The van der Waals surface area contributed by atoms with Gasteiger partial charge in [-0.25, -0.2) is 4.57 Å². The third kappa shape index (κ3) is 23.7. The summed E-state index contributed by atoms with van der Waals surface area (Å²) in [5.41, 5.74) is 0. The lowest BCUT2D eigenvalue weighted by molar-refractivity contribution is -0.161. The van der Waals surface area contributed by atoms with Gasteiger partial charge in [0.05, 0.1) is 6.61 Å². The maximum atomic E-state index is 12.1. The molecule has 0 radical (unpaired) electrons. The molecule has 0 heterocycles. The van der Waals surface area contributed by atoms with E-state index < -0.39 is 32.5 Å². The van der Waals surface area contributed by atoms with Crippen LogP contribution >= 0.6 is 7.82 Å². The van der Waals surface area contributed by atoms with Crippen molar-refractivity contribution >= 4 is 19.8 Å². The lowest BCUT2D eigenvalue weighted by Crippen LogP contribution is -2.29. The van der Waals surface area contributed by atoms with Crippen LogP contribution in [0.3, 0.4) is 0 Å². The third-order valence-electron chi connectivity index (χ3n) is 5.03. The van der Waals surface area contributed by atoms with Gasteiger partial charge in [-0.2, -0.15) is 0 Å². The van der Waals surface area contributed by atoms with E-state index in [0.29, 0.717) is 12.8 Å². The molecule has 0 spiro atoms. The van der Waals surface area contributed by atoms with Gasteiger partial charge in [0.2, 0.25) is 0 Å². The smallest absolute Gasteiger partial charge is 0.462 e. The second kappa shape index (κ2) is 21.3. The molecule has 0 unspecified atom stereocenters. The number of phosphoric ester groups is 1. The Balaban J connectivity index is 4.06. The molecule has 0 fully saturated rings. The molecule has 0 amide bonds. The van der Waals surface area contributed by atoms with Crippen LogP contribution in [0.2, 0.25) is 0 Å². The van der Waals surface area contributed by atoms with E-state index >= 15 is 0 Å². The number of phosphoric acid groups is 1. The van der Waals surface area contributed by atoms with Crippen molar-refractivity contribution in [3.8, 4) is 0 Å². The summed E-state index contributed by atoms with van der Waals surface area (Å²) in [5, 5.41) is 0. The molecule has 194 valence electrons. The second-order valence-electron chi connectivity index (χ2n) is 8.31. The first-order valence-corrected chi connectivity index (χ1v) is 14.0. The lowest BCUT2D eigenvalue weighted by Gasteiger charge is -2.18. The fourth-order valence-electron chi connectivity index (χ4n) is 3.13. The Morgan fingerprint density at radius 2 is 1.27 bits per heavy atom. The summed E-state index contributed by atoms with van der Waals surface area (Å²) in [5.74, 6) is -0.928. The molecular formula is C24H45O8P. The van der Waals surface area contributed by atoms with Crippen molar-refractivity contribution in [2.75, 3.05) is 13.2 Å². The lowest BCUT2D eigenvalue weighted by atomic mass is 10.1. The molecule has 0 aliphatic heterocycles. The van der Waals surface area contributed by atoms with Crippen LogP contribution in [0.15, 0.2) is 12.2 Å². The van der Waals surface area contributed by atoms with Crippen LogP contribution in [-0.2, 0) is 28.2 Å². The van der Waals surface area contributed by atoms with Gasteiger partial charge in [0.1, 0.15) is 6.61 Å². The third-order valence-corrected chi connectivity index (χ3v) is 5.52. The summed E-state index contributed by atoms with van der Waals surface area (Å²) < 4.78 is 25.7. The second-order valence-corrected chi connectivity index (χ2v) is 9.55. The molecule has 0 saturated carbocycles. The maximum Gasteiger partial charge on any atom is 0.469 e. The monoisotopic (exact) mass is 492 g/mol. The summed E-state index contributed by atoms with van der Waals surface area (Å²) >= 11 is 0. The van der Waals surface area contributed by atoms with E-state index in [1.807, 2.05) is 6.92 Å². The van der Waals surface area contributed by atoms with Crippen LogP contribution in [0.5, 0.6) is 0 Å². The number of carbonyl (C=O) groups excluding carboxylic acids is 2. The highest BCUT2D eigenvalue weighted by Crippen LogP contribution is 2.35. The number of rotatable bonds is 22. The highest BCUT2D eigenvalue weighted by atomic mass is 31.2. The van der Waals surface area contributed by atoms with Crippen molar-refractivity contribution in [1.29, 1.82) is 0 Å². The van der Waals surface area contributed by atoms with Gasteiger partial charge in [-0.3, -0.25) is 14.1 Å². The van der Waals surface area contributed by atoms with E-state index in [0.717, 1.165) is 51.4 Å². The minimum Gasteiger partial charge on any atom is -0.462 e. The van der Waals surface area contributed by atoms with Crippen molar-refractivity contribution in [3.63, 3.8) is 0 Å². The average molecular weight is 493 g/mol. The molecule has 0 aliphatic carbocycles. The predicted octanol–water partition coefficient (Wildman–Crippen LogP) is 6.00. The molecule has 0 saturated heterocycles. The van der Waals surface area contributed by atoms with Gasteiger partial charge in [-0.1, -0.05) is 70.9 Å². The minimum absolute atomic E-state index is 0.203. The Labute approximate surface area is 199 Å². The molecule has 8 nitrogen and oxygen atoms in total. The van der Waals surface area contributed by atoms with Gasteiger partial charge in [-0.15, -0.1) is 0 Å². The molecular weight excluding hydrogens is 447 g/mol. The predicted molar refractivity (Wildman–Crippen MR) is 129 cm³/mol. The summed E-state index contributed by atoms with van der Waals surface area (Å²) in [7, 11) is -4.72. The SMILES string of the molecule is CCCCC/C=C/CCCCCCCC(=O)O[C@@H](COC(=O)CCCCC)COP(=O)(O)O. The van der Waals surface area contributed by atoms with Crippen molar-refractivity contribution < 1.29 is 37.9 Å². The molecule has 0 aromatic rings. The number of ether oxygens (including phenoxy) is 2. The van der Waals surface area contributed by atoms with Crippen LogP contribution in [0.4, 0.5) is 0 Å². The standard InChI is InChI=1S/C24H45O8P/c1-3-5-7-8-9-10-11-12-13-14-15-17-19-24(26)32-22(21-31-33(27,28)29)20-30-23(25)18-16-6-4-2/h9-10,22H,3-8,11-21H2,1-2H3,(H2,27,28,29)/b10-9+/t22-/m0/s1. The number of hydrogen-bond acceptors (Lipinski definition) is 6. The largest absolute Gasteiger partial charge is 0.469 e. The van der Waals surface area contributed by atoms with E-state index in [1.54, 1.807) is 0 Å². The highest BCUT2D eigenvalue weighted by Gasteiger charge is 2.22. The first kappa shape index (κ1) is 31.8. The van der Waals surface area contributed by atoms with Crippen molar-refractivity contribution in [2.45, 2.75) is 116 Å². The van der Waals surface area contributed by atoms with Crippen LogP contribution in [0, 0.1) is 0 Å². The molecule has 0 aromatic carbocycles. The van der Waals surface area contributed by atoms with Gasteiger partial charge in [0.25, 0.3) is 0 Å². The van der Waals surface area contributed by atoms with E-state index in [4.69, 9.17) is 19.3 Å². The fraction of sp³-hybridized carbons (Fsp3) is 0.833. The molecule has 0 aliphatic rings. The zero-order chi connectivity index (χ0) is 24.8. The zero-order valence-corrected chi connectivity index (χ0v) is 21.4. The molecule has 0 rings (SSSR count). The van der Waals surface area contributed by atoms with E-state index in [-0.39, 0.29) is 19.4 Å². The Bertz CT molecular complexity index is 573. The fourth-order valence-corrected chi connectivity index (χ4v) is 3.49. The topological polar surface area (TPSA) is 119 Å². The number of unbranched alkanes of at least 4 members (excludes halogenated alkanes) is 10. The Morgan fingerprint density at radius 1 is 0.758 bits per heavy atom. The van der Waals surface area contributed by atoms with Crippen LogP contribution < -0.4 is 0 Å². The van der Waals surface area contributed by atoms with Crippen LogP contribution in [0.25, 0.3) is 0 Å². The van der Waals surface area contributed by atoms with Gasteiger partial charge >= 0.3 is 19.8 Å². The number of esters is 2. The van der Waals surface area contributed by atoms with E-state index in [9.17, 15) is 14.2 Å². The molecule has 1 atom stereocenters. The highest BCUT2D eigenvalue weighted by molar-refractivity contribution is 7.46. The number of carbonyl (C=O) groups is 2. The van der Waals surface area contributed by atoms with Gasteiger partial charge in [-0.05, 0) is 38.5 Å². The Hall–Kier alpha value is -1.21. The zero-order valence-electron chi connectivity index (χ0n) is 20.5. The maximum absolute atomic E-state index is 12.1. The quantitative estimate of drug-likeness (QED) is 0.0817. The van der Waals surface area contributed by atoms with Gasteiger partial charge in [0.15, 0.2) is 6.10 Å². The van der Waals surface area contributed by atoms with Gasteiger partial charge < -0.3 is 19.3 Å². The van der Waals surface area contributed by atoms with Crippen molar-refractivity contribution in [2.24, 2.45) is 0 Å². The Morgan fingerprint density at radius 3 is 1.91 bits per heavy atom. The molecule has 0 aromatic heterocycles. The average Bonchev–Trinajstić information content (AvgIpc) is 2.76. The molecule has 2 N–H and O–H groups in total. The van der Waals surface area contributed by atoms with E-state index in [1.165, 1.54) is 19.3 Å². The van der Waals surface area contributed by atoms with Crippen molar-refractivity contribution in [3.05, 3.63) is 12.2 Å². The number of hydrogen-bond donors (Lipinski definition) is 2. The molecule has 33 heavy (non-hydrogen) atoms. The van der Waals surface area contributed by atoms with Crippen LogP contribution in [-0.4, -0.2) is 41.0 Å². The summed E-state index contributed by atoms with van der Waals surface area (Å²) in [6.45, 7) is 3.40. The summed E-state index contributed by atoms with van der Waals surface area (Å²) in [6, 6.07) is 0. The number of allylic oxidation sites excluding steroid dienone is 2. The van der Waals surface area contributed by atoms with Crippen molar-refractivity contribution in [1.82, 2.24) is 0 Å². The summed E-state index contributed by atoms with van der Waals surface area (Å²) in [6.07, 6.45) is 17.4. The summed E-state index contributed by atoms with van der Waals surface area (Å²) in [4.78, 5) is 41.6. The van der Waals surface area contributed by atoms with Gasteiger partial charge in [0, 0.05) is 12.8 Å². The Kier molecular flexibility index (Phi) is 20.5.